The van der Waals surface area contributed by atoms with E-state index in [0.717, 1.165) is 89.1 Å². The summed E-state index contributed by atoms with van der Waals surface area (Å²) in [6.45, 7) is 16.2. The maximum Gasteiger partial charge on any atom is 0.225 e. The van der Waals surface area contributed by atoms with Crippen molar-refractivity contribution < 1.29 is 0 Å². The van der Waals surface area contributed by atoms with Crippen molar-refractivity contribution in [2.75, 3.05) is 63.8 Å². The molecule has 2 fully saturated rings. The van der Waals surface area contributed by atoms with Crippen LogP contribution in [0.2, 0.25) is 0 Å². The Morgan fingerprint density at radius 1 is 1.17 bits per heavy atom. The SMILES string of the molecule is CCNC(=NCCCN1CCN(c2ncccn2)CC1)N1CCC(CC(C)C)C1. The lowest BCUT2D eigenvalue weighted by molar-refractivity contribution is 0.255. The Morgan fingerprint density at radius 2 is 1.93 bits per heavy atom. The van der Waals surface area contributed by atoms with Gasteiger partial charge in [-0.15, -0.1) is 0 Å². The van der Waals surface area contributed by atoms with Crippen molar-refractivity contribution in [3.05, 3.63) is 18.5 Å². The first-order valence-electron chi connectivity index (χ1n) is 11.4. The second-order valence-electron chi connectivity index (χ2n) is 8.70. The van der Waals surface area contributed by atoms with E-state index in [4.69, 9.17) is 4.99 Å². The number of nitrogens with one attached hydrogen (secondary N) is 1. The summed E-state index contributed by atoms with van der Waals surface area (Å²) in [5.41, 5.74) is 0. The van der Waals surface area contributed by atoms with Crippen LogP contribution in [0.25, 0.3) is 0 Å². The van der Waals surface area contributed by atoms with Gasteiger partial charge in [0, 0.05) is 71.3 Å². The number of hydrogen-bond donors (Lipinski definition) is 1. The summed E-state index contributed by atoms with van der Waals surface area (Å²) >= 11 is 0. The van der Waals surface area contributed by atoms with E-state index in [2.05, 4.69) is 50.8 Å². The van der Waals surface area contributed by atoms with E-state index in [1.807, 2.05) is 18.5 Å². The third kappa shape index (κ3) is 6.84. The zero-order valence-corrected chi connectivity index (χ0v) is 18.6. The molecule has 0 aliphatic carbocycles. The van der Waals surface area contributed by atoms with Crippen LogP contribution in [-0.4, -0.2) is 84.6 Å². The van der Waals surface area contributed by atoms with Crippen molar-refractivity contribution in [3.63, 3.8) is 0 Å². The molecule has 2 aliphatic heterocycles. The second kappa shape index (κ2) is 11.3. The highest BCUT2D eigenvalue weighted by atomic mass is 15.3. The molecule has 7 heteroatoms. The minimum atomic E-state index is 0.786. The van der Waals surface area contributed by atoms with Gasteiger partial charge in [-0.05, 0) is 44.1 Å². The predicted octanol–water partition coefficient (Wildman–Crippen LogP) is 2.32. The molecule has 1 aromatic rings. The number of aromatic nitrogens is 2. The first-order chi connectivity index (χ1) is 14.2. The molecule has 0 bridgehead atoms. The molecule has 2 aliphatic rings. The fraction of sp³-hybridized carbons (Fsp3) is 0.773. The smallest absolute Gasteiger partial charge is 0.225 e. The van der Waals surface area contributed by atoms with Crippen LogP contribution in [0, 0.1) is 11.8 Å². The zero-order valence-electron chi connectivity index (χ0n) is 18.6. The normalized spacial score (nSPS) is 21.2. The number of likely N-dealkylation sites (tertiary alicyclic amines) is 1. The van der Waals surface area contributed by atoms with E-state index in [1.165, 1.54) is 12.8 Å². The second-order valence-corrected chi connectivity index (χ2v) is 8.70. The van der Waals surface area contributed by atoms with Crippen LogP contribution >= 0.6 is 0 Å². The molecule has 0 amide bonds. The molecule has 0 spiro atoms. The predicted molar refractivity (Wildman–Crippen MR) is 120 cm³/mol. The standard InChI is InChI=1S/C22H39N7/c1-4-23-21(29-12-7-20(18-29)17-19(2)3)26-10-6-11-27-13-15-28(16-14-27)22-24-8-5-9-25-22/h5,8-9,19-20H,4,6-7,10-18H2,1-3H3,(H,23,26). The molecule has 0 saturated carbocycles. The molecule has 162 valence electrons. The summed E-state index contributed by atoms with van der Waals surface area (Å²) in [4.78, 5) is 20.9. The topological polar surface area (TPSA) is 59.9 Å². The van der Waals surface area contributed by atoms with Crippen molar-refractivity contribution in [1.82, 2.24) is 25.1 Å². The quantitative estimate of drug-likeness (QED) is 0.410. The Morgan fingerprint density at radius 3 is 2.62 bits per heavy atom. The van der Waals surface area contributed by atoms with Gasteiger partial charge in [0.25, 0.3) is 0 Å². The van der Waals surface area contributed by atoms with Gasteiger partial charge in [-0.1, -0.05) is 13.8 Å². The average molecular weight is 402 g/mol. The van der Waals surface area contributed by atoms with Gasteiger partial charge in [0.2, 0.25) is 5.95 Å². The van der Waals surface area contributed by atoms with E-state index in [0.29, 0.717) is 0 Å². The number of guanidine groups is 1. The highest BCUT2D eigenvalue weighted by Gasteiger charge is 2.25. The number of anilines is 1. The monoisotopic (exact) mass is 401 g/mol. The highest BCUT2D eigenvalue weighted by molar-refractivity contribution is 5.80. The van der Waals surface area contributed by atoms with Gasteiger partial charge in [0.1, 0.15) is 0 Å². The maximum absolute atomic E-state index is 4.93. The molecule has 0 radical (unpaired) electrons. The van der Waals surface area contributed by atoms with Crippen LogP contribution in [-0.2, 0) is 0 Å². The molecule has 0 aromatic carbocycles. The summed E-state index contributed by atoms with van der Waals surface area (Å²) in [5, 5.41) is 3.50. The van der Waals surface area contributed by atoms with E-state index in [-0.39, 0.29) is 0 Å². The molecule has 3 heterocycles. The number of rotatable bonds is 8. The lowest BCUT2D eigenvalue weighted by atomic mass is 9.97. The summed E-state index contributed by atoms with van der Waals surface area (Å²) in [5.74, 6) is 3.58. The van der Waals surface area contributed by atoms with Crippen molar-refractivity contribution in [3.8, 4) is 0 Å². The van der Waals surface area contributed by atoms with Crippen LogP contribution in [0.3, 0.4) is 0 Å². The van der Waals surface area contributed by atoms with Gasteiger partial charge in [-0.25, -0.2) is 9.97 Å². The first-order valence-corrected chi connectivity index (χ1v) is 11.4. The molecular weight excluding hydrogens is 362 g/mol. The lowest BCUT2D eigenvalue weighted by Gasteiger charge is -2.34. The van der Waals surface area contributed by atoms with Crippen LogP contribution in [0.1, 0.15) is 40.0 Å². The average Bonchev–Trinajstić information content (AvgIpc) is 3.19. The molecule has 1 aromatic heterocycles. The molecule has 2 saturated heterocycles. The number of aliphatic imine (C=N–C) groups is 1. The number of hydrogen-bond acceptors (Lipinski definition) is 5. The van der Waals surface area contributed by atoms with Crippen molar-refractivity contribution in [1.29, 1.82) is 0 Å². The summed E-state index contributed by atoms with van der Waals surface area (Å²) in [7, 11) is 0. The summed E-state index contributed by atoms with van der Waals surface area (Å²) in [6.07, 6.45) is 7.38. The van der Waals surface area contributed by atoms with Crippen LogP contribution in [0.4, 0.5) is 5.95 Å². The van der Waals surface area contributed by atoms with Gasteiger partial charge in [-0.2, -0.15) is 0 Å². The molecule has 3 rings (SSSR count). The fourth-order valence-corrected chi connectivity index (χ4v) is 4.42. The van der Waals surface area contributed by atoms with Crippen LogP contribution < -0.4 is 10.2 Å². The first kappa shape index (κ1) is 21.8. The Kier molecular flexibility index (Phi) is 8.52. The van der Waals surface area contributed by atoms with Crippen LogP contribution in [0.5, 0.6) is 0 Å². The zero-order chi connectivity index (χ0) is 20.5. The minimum absolute atomic E-state index is 0.786. The molecule has 1 unspecified atom stereocenters. The van der Waals surface area contributed by atoms with Gasteiger partial charge in [0.05, 0.1) is 0 Å². The molecular formula is C22H39N7. The van der Waals surface area contributed by atoms with Gasteiger partial charge < -0.3 is 15.1 Å². The largest absolute Gasteiger partial charge is 0.357 e. The third-order valence-electron chi connectivity index (χ3n) is 5.83. The fourth-order valence-electron chi connectivity index (χ4n) is 4.42. The van der Waals surface area contributed by atoms with E-state index >= 15 is 0 Å². The third-order valence-corrected chi connectivity index (χ3v) is 5.83. The van der Waals surface area contributed by atoms with E-state index in [1.54, 1.807) is 0 Å². The Bertz CT molecular complexity index is 611. The Balaban J connectivity index is 1.38. The maximum atomic E-state index is 4.93. The van der Waals surface area contributed by atoms with Crippen molar-refractivity contribution >= 4 is 11.9 Å². The van der Waals surface area contributed by atoms with Gasteiger partial charge in [0.15, 0.2) is 5.96 Å². The Labute approximate surface area is 176 Å². The van der Waals surface area contributed by atoms with Crippen molar-refractivity contribution in [2.45, 2.75) is 40.0 Å². The molecule has 7 nitrogen and oxygen atoms in total. The van der Waals surface area contributed by atoms with Gasteiger partial charge in [-0.3, -0.25) is 9.89 Å². The number of piperazine rings is 1. The highest BCUT2D eigenvalue weighted by Crippen LogP contribution is 2.23. The lowest BCUT2D eigenvalue weighted by Crippen LogP contribution is -2.47. The van der Waals surface area contributed by atoms with Crippen LogP contribution in [0.15, 0.2) is 23.5 Å². The van der Waals surface area contributed by atoms with E-state index < -0.39 is 0 Å². The summed E-state index contributed by atoms with van der Waals surface area (Å²) < 4.78 is 0. The van der Waals surface area contributed by atoms with Crippen molar-refractivity contribution in [2.24, 2.45) is 16.8 Å². The Hall–Kier alpha value is -1.89. The van der Waals surface area contributed by atoms with E-state index in [9.17, 15) is 0 Å². The number of nitrogens with zero attached hydrogens (tertiary/aromatic N) is 6. The summed E-state index contributed by atoms with van der Waals surface area (Å²) in [6, 6.07) is 1.87. The minimum Gasteiger partial charge on any atom is -0.357 e. The van der Waals surface area contributed by atoms with Gasteiger partial charge >= 0.3 is 0 Å². The molecule has 1 N–H and O–H groups in total. The molecule has 29 heavy (non-hydrogen) atoms. The molecule has 1 atom stereocenters.